The first-order valence-electron chi connectivity index (χ1n) is 6.99. The first kappa shape index (κ1) is 15.2. The third kappa shape index (κ3) is 3.24. The number of benzene rings is 1. The first-order valence-corrected chi connectivity index (χ1v) is 7.37. The van der Waals surface area contributed by atoms with Crippen molar-refractivity contribution in [2.24, 2.45) is 0 Å². The van der Waals surface area contributed by atoms with Crippen molar-refractivity contribution in [2.45, 2.75) is 19.9 Å². The molecule has 0 aliphatic heterocycles. The molecule has 0 saturated heterocycles. The van der Waals surface area contributed by atoms with Crippen LogP contribution in [-0.4, -0.2) is 25.8 Å². The zero-order chi connectivity index (χ0) is 16.4. The second kappa shape index (κ2) is 6.21. The van der Waals surface area contributed by atoms with E-state index >= 15 is 0 Å². The molecule has 0 unspecified atom stereocenters. The van der Waals surface area contributed by atoms with Crippen molar-refractivity contribution in [3.63, 3.8) is 0 Å². The minimum atomic E-state index is -0.662. The van der Waals surface area contributed by atoms with Crippen LogP contribution in [0.3, 0.4) is 0 Å². The molecule has 7 nitrogen and oxygen atoms in total. The lowest BCUT2D eigenvalue weighted by atomic mass is 10.3. The highest BCUT2D eigenvalue weighted by Gasteiger charge is 2.17. The number of anilines is 1. The number of amides is 1. The molecule has 3 rings (SSSR count). The highest BCUT2D eigenvalue weighted by molar-refractivity contribution is 6.28. The summed E-state index contributed by atoms with van der Waals surface area (Å²) in [5, 5.41) is 7.35. The second-order valence-corrected chi connectivity index (χ2v) is 5.44. The van der Waals surface area contributed by atoms with Crippen LogP contribution in [0.25, 0.3) is 11.0 Å². The van der Waals surface area contributed by atoms with Crippen LogP contribution in [-0.2, 0) is 0 Å². The first-order chi connectivity index (χ1) is 11.0. The Bertz CT molecular complexity index is 848. The van der Waals surface area contributed by atoms with Crippen molar-refractivity contribution >= 4 is 34.4 Å². The minimum Gasteiger partial charge on any atom is -0.390 e. The van der Waals surface area contributed by atoms with E-state index in [2.05, 4.69) is 20.4 Å². The fourth-order valence-corrected chi connectivity index (χ4v) is 2.24. The van der Waals surface area contributed by atoms with Crippen LogP contribution in [0.2, 0.25) is 5.28 Å². The van der Waals surface area contributed by atoms with Crippen LogP contribution in [0.15, 0.2) is 36.5 Å². The SMILES string of the molecule is CC(C)n1ncc2c(OC(=O)Nc3ccccc3)nc(Cl)nc21. The Morgan fingerprint density at radius 3 is 2.70 bits per heavy atom. The maximum Gasteiger partial charge on any atom is 0.418 e. The summed E-state index contributed by atoms with van der Waals surface area (Å²) in [4.78, 5) is 20.1. The van der Waals surface area contributed by atoms with Gasteiger partial charge in [-0.15, -0.1) is 0 Å². The fraction of sp³-hybridized carbons (Fsp3) is 0.200. The van der Waals surface area contributed by atoms with E-state index in [4.69, 9.17) is 16.3 Å². The van der Waals surface area contributed by atoms with Crippen LogP contribution in [0.1, 0.15) is 19.9 Å². The van der Waals surface area contributed by atoms with Gasteiger partial charge in [0.25, 0.3) is 0 Å². The molecular weight excluding hydrogens is 318 g/mol. The Morgan fingerprint density at radius 2 is 2.00 bits per heavy atom. The lowest BCUT2D eigenvalue weighted by Crippen LogP contribution is -2.17. The van der Waals surface area contributed by atoms with Crippen LogP contribution < -0.4 is 10.1 Å². The number of rotatable bonds is 3. The van der Waals surface area contributed by atoms with E-state index in [-0.39, 0.29) is 17.2 Å². The van der Waals surface area contributed by atoms with E-state index in [1.165, 1.54) is 0 Å². The number of nitrogens with zero attached hydrogens (tertiary/aromatic N) is 4. The number of fused-ring (bicyclic) bond motifs is 1. The van der Waals surface area contributed by atoms with Crippen LogP contribution in [0.5, 0.6) is 5.88 Å². The average molecular weight is 332 g/mol. The summed E-state index contributed by atoms with van der Waals surface area (Å²) in [5.74, 6) is 0.0698. The van der Waals surface area contributed by atoms with Gasteiger partial charge in [-0.1, -0.05) is 18.2 Å². The summed E-state index contributed by atoms with van der Waals surface area (Å²) in [7, 11) is 0. The lowest BCUT2D eigenvalue weighted by Gasteiger charge is -2.08. The Morgan fingerprint density at radius 1 is 1.26 bits per heavy atom. The molecular formula is C15H14ClN5O2. The maximum absolute atomic E-state index is 12.0. The molecule has 0 fully saturated rings. The van der Waals surface area contributed by atoms with Crippen molar-refractivity contribution in [1.82, 2.24) is 19.7 Å². The Balaban J connectivity index is 1.89. The van der Waals surface area contributed by atoms with Gasteiger partial charge in [-0.3, -0.25) is 5.32 Å². The Kier molecular flexibility index (Phi) is 4.12. The molecule has 2 heterocycles. The number of nitrogens with one attached hydrogen (secondary N) is 1. The van der Waals surface area contributed by atoms with Crippen molar-refractivity contribution in [3.8, 4) is 5.88 Å². The molecule has 0 aliphatic carbocycles. The van der Waals surface area contributed by atoms with Gasteiger partial charge in [0.2, 0.25) is 11.2 Å². The summed E-state index contributed by atoms with van der Waals surface area (Å²) < 4.78 is 6.95. The highest BCUT2D eigenvalue weighted by Crippen LogP contribution is 2.26. The summed E-state index contributed by atoms with van der Waals surface area (Å²) in [6.07, 6.45) is 0.890. The molecule has 0 radical (unpaired) electrons. The largest absolute Gasteiger partial charge is 0.418 e. The van der Waals surface area contributed by atoms with Gasteiger partial charge in [-0.05, 0) is 37.6 Å². The summed E-state index contributed by atoms with van der Waals surface area (Å²) in [6.45, 7) is 3.93. The predicted molar refractivity (Wildman–Crippen MR) is 86.8 cm³/mol. The van der Waals surface area contributed by atoms with Gasteiger partial charge in [0.05, 0.1) is 6.20 Å². The fourth-order valence-electron chi connectivity index (χ4n) is 2.08. The van der Waals surface area contributed by atoms with Gasteiger partial charge in [0, 0.05) is 11.7 Å². The van der Waals surface area contributed by atoms with Gasteiger partial charge < -0.3 is 4.74 Å². The molecule has 0 atom stereocenters. The lowest BCUT2D eigenvalue weighted by molar-refractivity contribution is 0.214. The van der Waals surface area contributed by atoms with E-state index < -0.39 is 6.09 Å². The normalized spacial score (nSPS) is 11.0. The molecule has 1 N–H and O–H groups in total. The average Bonchev–Trinajstić information content (AvgIpc) is 2.92. The third-order valence-corrected chi connectivity index (χ3v) is 3.26. The molecule has 1 amide bonds. The van der Waals surface area contributed by atoms with Crippen LogP contribution in [0.4, 0.5) is 10.5 Å². The summed E-state index contributed by atoms with van der Waals surface area (Å²) in [5.41, 5.74) is 1.13. The molecule has 3 aromatic rings. The van der Waals surface area contributed by atoms with E-state index in [0.29, 0.717) is 16.7 Å². The third-order valence-electron chi connectivity index (χ3n) is 3.09. The van der Waals surface area contributed by atoms with E-state index in [9.17, 15) is 4.79 Å². The monoisotopic (exact) mass is 331 g/mol. The molecule has 8 heteroatoms. The Labute approximate surface area is 137 Å². The molecule has 0 saturated carbocycles. The number of ether oxygens (including phenoxy) is 1. The molecule has 0 aliphatic rings. The number of para-hydroxylation sites is 1. The zero-order valence-electron chi connectivity index (χ0n) is 12.5. The standard InChI is InChI=1S/C15H14ClN5O2/c1-9(2)21-12-11(8-17-21)13(20-14(16)19-12)23-15(22)18-10-6-4-3-5-7-10/h3-9H,1-2H3,(H,18,22). The minimum absolute atomic E-state index is 0.0117. The van der Waals surface area contributed by atoms with Crippen LogP contribution in [0, 0.1) is 0 Å². The van der Waals surface area contributed by atoms with Gasteiger partial charge in [-0.2, -0.15) is 15.1 Å². The zero-order valence-corrected chi connectivity index (χ0v) is 13.3. The quantitative estimate of drug-likeness (QED) is 0.740. The molecule has 118 valence electrons. The predicted octanol–water partition coefficient (Wildman–Crippen LogP) is 3.67. The molecule has 1 aromatic carbocycles. The smallest absolute Gasteiger partial charge is 0.390 e. The van der Waals surface area contributed by atoms with Gasteiger partial charge in [0.1, 0.15) is 5.39 Å². The highest BCUT2D eigenvalue weighted by atomic mass is 35.5. The molecule has 0 spiro atoms. The number of carbonyl (C=O) groups is 1. The molecule has 0 bridgehead atoms. The van der Waals surface area contributed by atoms with Crippen molar-refractivity contribution in [2.75, 3.05) is 5.32 Å². The molecule has 23 heavy (non-hydrogen) atoms. The van der Waals surface area contributed by atoms with Crippen molar-refractivity contribution in [1.29, 1.82) is 0 Å². The van der Waals surface area contributed by atoms with E-state index in [1.807, 2.05) is 32.0 Å². The van der Waals surface area contributed by atoms with Crippen molar-refractivity contribution in [3.05, 3.63) is 41.8 Å². The summed E-state index contributed by atoms with van der Waals surface area (Å²) >= 11 is 5.93. The van der Waals surface area contributed by atoms with Gasteiger partial charge >= 0.3 is 6.09 Å². The number of hydrogen-bond acceptors (Lipinski definition) is 5. The van der Waals surface area contributed by atoms with Crippen LogP contribution >= 0.6 is 11.6 Å². The maximum atomic E-state index is 12.0. The van der Waals surface area contributed by atoms with Crippen molar-refractivity contribution < 1.29 is 9.53 Å². The second-order valence-electron chi connectivity index (χ2n) is 5.10. The van der Waals surface area contributed by atoms with E-state index in [0.717, 1.165) is 0 Å². The van der Waals surface area contributed by atoms with E-state index in [1.54, 1.807) is 23.0 Å². The topological polar surface area (TPSA) is 81.9 Å². The summed E-state index contributed by atoms with van der Waals surface area (Å²) in [6, 6.07) is 9.06. The number of aromatic nitrogens is 4. The number of halogens is 1. The number of hydrogen-bond donors (Lipinski definition) is 1. The van der Waals surface area contributed by atoms with Gasteiger partial charge in [-0.25, -0.2) is 9.48 Å². The molecule has 2 aromatic heterocycles. The van der Waals surface area contributed by atoms with Gasteiger partial charge in [0.15, 0.2) is 5.65 Å². The Hall–Kier alpha value is -2.67. The number of carbonyl (C=O) groups excluding carboxylic acids is 1.